The Balaban J connectivity index is 1.69. The molecule has 6 nitrogen and oxygen atoms in total. The van der Waals surface area contributed by atoms with Crippen LogP contribution in [0.5, 0.6) is 11.5 Å². The number of fused-ring (bicyclic) bond motifs is 2. The quantitative estimate of drug-likeness (QED) is 0.458. The number of halogens is 2. The fourth-order valence-corrected chi connectivity index (χ4v) is 3.13. The zero-order chi connectivity index (χ0) is 20.7. The summed E-state index contributed by atoms with van der Waals surface area (Å²) in [6.07, 6.45) is 0.322. The summed E-state index contributed by atoms with van der Waals surface area (Å²) in [5.41, 5.74) is 1.49. The summed E-state index contributed by atoms with van der Waals surface area (Å²) in [6.45, 7) is 0. The maximum Gasteiger partial charge on any atom is 0.337 e. The van der Waals surface area contributed by atoms with Crippen LogP contribution in [0.2, 0.25) is 0 Å². The van der Waals surface area contributed by atoms with E-state index in [4.69, 9.17) is 4.74 Å². The van der Waals surface area contributed by atoms with Crippen LogP contribution in [0.1, 0.15) is 31.8 Å². The first-order valence-corrected chi connectivity index (χ1v) is 8.48. The van der Waals surface area contributed by atoms with Gasteiger partial charge in [0.2, 0.25) is 0 Å². The number of rotatable bonds is 4. The highest BCUT2D eigenvalue weighted by Crippen LogP contribution is 2.44. The largest absolute Gasteiger partial charge is 0.478 e. The van der Waals surface area contributed by atoms with Crippen molar-refractivity contribution >= 4 is 23.3 Å². The predicted molar refractivity (Wildman–Crippen MR) is 99.3 cm³/mol. The van der Waals surface area contributed by atoms with Crippen molar-refractivity contribution in [2.45, 2.75) is 6.42 Å². The topological polar surface area (TPSA) is 95.9 Å². The molecule has 4 rings (SSSR count). The zero-order valence-corrected chi connectivity index (χ0v) is 14.7. The van der Waals surface area contributed by atoms with Gasteiger partial charge < -0.3 is 20.3 Å². The van der Waals surface area contributed by atoms with Gasteiger partial charge in [0.05, 0.1) is 22.5 Å². The Morgan fingerprint density at radius 2 is 1.59 bits per heavy atom. The molecule has 0 aromatic heterocycles. The Hall–Kier alpha value is -3.94. The molecule has 1 heterocycles. The second-order valence-electron chi connectivity index (χ2n) is 6.49. The van der Waals surface area contributed by atoms with Crippen LogP contribution in [0.15, 0.2) is 48.5 Å². The number of hydrogen-bond donors (Lipinski definition) is 3. The maximum atomic E-state index is 13.4. The molecule has 3 aromatic rings. The minimum Gasteiger partial charge on any atom is -0.478 e. The first-order chi connectivity index (χ1) is 13.8. The molecule has 0 radical (unpaired) electrons. The molecule has 0 atom stereocenters. The van der Waals surface area contributed by atoms with Crippen molar-refractivity contribution in [3.63, 3.8) is 0 Å². The van der Waals surface area contributed by atoms with Crippen LogP contribution in [0.4, 0.5) is 20.2 Å². The van der Waals surface area contributed by atoms with E-state index >= 15 is 0 Å². The van der Waals surface area contributed by atoms with Crippen molar-refractivity contribution in [1.82, 2.24) is 0 Å². The molecule has 0 saturated heterocycles. The number of anilines is 2. The van der Waals surface area contributed by atoms with E-state index in [1.807, 2.05) is 0 Å². The molecule has 1 aliphatic heterocycles. The number of benzene rings is 3. The number of carboxylic acids is 2. The molecule has 3 aromatic carbocycles. The molecule has 0 fully saturated rings. The average molecular weight is 397 g/mol. The summed E-state index contributed by atoms with van der Waals surface area (Å²) in [7, 11) is 0. The van der Waals surface area contributed by atoms with Crippen molar-refractivity contribution < 1.29 is 33.3 Å². The van der Waals surface area contributed by atoms with E-state index in [1.54, 1.807) is 18.2 Å². The van der Waals surface area contributed by atoms with Gasteiger partial charge in [-0.3, -0.25) is 0 Å². The lowest BCUT2D eigenvalue weighted by Gasteiger charge is -2.24. The number of hydrogen-bond acceptors (Lipinski definition) is 4. The fourth-order valence-electron chi connectivity index (χ4n) is 3.13. The highest BCUT2D eigenvalue weighted by atomic mass is 19.2. The van der Waals surface area contributed by atoms with Gasteiger partial charge in [-0.1, -0.05) is 12.1 Å². The molecule has 29 heavy (non-hydrogen) atoms. The summed E-state index contributed by atoms with van der Waals surface area (Å²) in [5.74, 6) is -3.97. The van der Waals surface area contributed by atoms with Crippen molar-refractivity contribution in [3.8, 4) is 11.5 Å². The molecule has 0 aliphatic carbocycles. The van der Waals surface area contributed by atoms with Crippen molar-refractivity contribution in [2.24, 2.45) is 0 Å². The molecule has 0 bridgehead atoms. The van der Waals surface area contributed by atoms with Gasteiger partial charge in [0, 0.05) is 0 Å². The summed E-state index contributed by atoms with van der Waals surface area (Å²) in [5, 5.41) is 21.6. The highest BCUT2D eigenvalue weighted by molar-refractivity contribution is 6.02. The summed E-state index contributed by atoms with van der Waals surface area (Å²) >= 11 is 0. The molecule has 1 aliphatic rings. The van der Waals surface area contributed by atoms with Crippen LogP contribution in [0.25, 0.3) is 0 Å². The molecule has 146 valence electrons. The first kappa shape index (κ1) is 18.4. The summed E-state index contributed by atoms with van der Waals surface area (Å²) in [4.78, 5) is 22.8. The van der Waals surface area contributed by atoms with Crippen molar-refractivity contribution in [2.75, 3.05) is 5.32 Å². The lowest BCUT2D eigenvalue weighted by atomic mass is 10.0. The number of ether oxygens (including phenoxy) is 1. The first-order valence-electron chi connectivity index (χ1n) is 8.48. The van der Waals surface area contributed by atoms with Crippen LogP contribution in [0.3, 0.4) is 0 Å². The monoisotopic (exact) mass is 397 g/mol. The van der Waals surface area contributed by atoms with Crippen LogP contribution in [-0.4, -0.2) is 22.2 Å². The van der Waals surface area contributed by atoms with Crippen molar-refractivity contribution in [1.29, 1.82) is 0 Å². The van der Waals surface area contributed by atoms with E-state index in [1.165, 1.54) is 12.1 Å². The third kappa shape index (κ3) is 3.47. The molecular weight excluding hydrogens is 384 g/mol. The van der Waals surface area contributed by atoms with E-state index < -0.39 is 23.6 Å². The van der Waals surface area contributed by atoms with Gasteiger partial charge >= 0.3 is 11.9 Å². The van der Waals surface area contributed by atoms with E-state index in [0.29, 0.717) is 23.4 Å². The molecule has 0 unspecified atom stereocenters. The standard InChI is InChI=1S/C21H13F2NO5/c22-14-3-1-10(6-15(14)23)5-11-2-4-17-16(7-11)24-19-13(21(27)28)8-12(20(25)26)9-18(19)29-17/h1-4,6-9,24H,5H2,(H,25,26)(H,27,28). The third-order valence-electron chi connectivity index (χ3n) is 4.50. The number of carbonyl (C=O) groups is 2. The lowest BCUT2D eigenvalue weighted by molar-refractivity contribution is 0.0696. The van der Waals surface area contributed by atoms with Gasteiger partial charge in [-0.15, -0.1) is 0 Å². The highest BCUT2D eigenvalue weighted by Gasteiger charge is 2.25. The molecule has 0 spiro atoms. The molecule has 8 heteroatoms. The fraction of sp³-hybridized carbons (Fsp3) is 0.0476. The third-order valence-corrected chi connectivity index (χ3v) is 4.50. The molecule has 0 amide bonds. The normalized spacial score (nSPS) is 11.7. The molecule has 0 saturated carbocycles. The van der Waals surface area contributed by atoms with Gasteiger partial charge in [0.25, 0.3) is 0 Å². The van der Waals surface area contributed by atoms with Crippen LogP contribution in [-0.2, 0) is 6.42 Å². The molecular formula is C21H13F2NO5. The Labute approximate surface area is 163 Å². The predicted octanol–water partition coefficient (Wildman–Crippen LogP) is 4.80. The van der Waals surface area contributed by atoms with Crippen LogP contribution in [0, 0.1) is 11.6 Å². The smallest absolute Gasteiger partial charge is 0.337 e. The SMILES string of the molecule is O=C(O)c1cc2c(c(C(=O)O)c1)Nc1cc(Cc3ccc(F)c(F)c3)ccc1O2. The zero-order valence-electron chi connectivity index (χ0n) is 14.7. The van der Waals surface area contributed by atoms with Gasteiger partial charge in [0.1, 0.15) is 0 Å². The number of aromatic carboxylic acids is 2. The van der Waals surface area contributed by atoms with E-state index in [-0.39, 0.29) is 22.6 Å². The van der Waals surface area contributed by atoms with E-state index in [9.17, 15) is 28.6 Å². The van der Waals surface area contributed by atoms with Gasteiger partial charge in [0.15, 0.2) is 23.1 Å². The number of nitrogens with one attached hydrogen (secondary N) is 1. The lowest BCUT2D eigenvalue weighted by Crippen LogP contribution is -2.11. The second-order valence-corrected chi connectivity index (χ2v) is 6.49. The van der Waals surface area contributed by atoms with Gasteiger partial charge in [-0.25, -0.2) is 18.4 Å². The Bertz CT molecular complexity index is 1180. The number of carboxylic acid groups (broad SMARTS) is 2. The maximum absolute atomic E-state index is 13.4. The Morgan fingerprint density at radius 3 is 2.28 bits per heavy atom. The van der Waals surface area contributed by atoms with Crippen LogP contribution < -0.4 is 10.1 Å². The summed E-state index contributed by atoms with van der Waals surface area (Å²) in [6, 6.07) is 11.0. The Morgan fingerprint density at radius 1 is 0.862 bits per heavy atom. The van der Waals surface area contributed by atoms with Crippen molar-refractivity contribution in [3.05, 3.63) is 82.4 Å². The minimum atomic E-state index is -1.30. The van der Waals surface area contributed by atoms with E-state index in [2.05, 4.69) is 5.32 Å². The van der Waals surface area contributed by atoms with Gasteiger partial charge in [-0.2, -0.15) is 0 Å². The average Bonchev–Trinajstić information content (AvgIpc) is 2.68. The second kappa shape index (κ2) is 6.90. The van der Waals surface area contributed by atoms with E-state index in [0.717, 1.165) is 23.8 Å². The Kier molecular flexibility index (Phi) is 4.38. The minimum absolute atomic E-state index is 0.0863. The van der Waals surface area contributed by atoms with Gasteiger partial charge in [-0.05, 0) is 53.9 Å². The molecule has 3 N–H and O–H groups in total. The summed E-state index contributed by atoms with van der Waals surface area (Å²) < 4.78 is 32.2. The van der Waals surface area contributed by atoms with Crippen LogP contribution >= 0.6 is 0 Å².